The van der Waals surface area contributed by atoms with E-state index >= 15 is 0 Å². The van der Waals surface area contributed by atoms with Crippen LogP contribution in [0.25, 0.3) is 0 Å². The number of ether oxygens (including phenoxy) is 2. The van der Waals surface area contributed by atoms with E-state index < -0.39 is 11.9 Å². The van der Waals surface area contributed by atoms with Crippen molar-refractivity contribution in [1.82, 2.24) is 0 Å². The molecule has 0 amide bonds. The maximum atomic E-state index is 12.0. The fraction of sp³-hybridized carbons (Fsp3) is 0.200. The molecule has 8 heteroatoms. The van der Waals surface area contributed by atoms with Crippen LogP contribution in [-0.2, 0) is 19.6 Å². The molecule has 28 heavy (non-hydrogen) atoms. The summed E-state index contributed by atoms with van der Waals surface area (Å²) in [7, 11) is 2.96. The lowest BCUT2D eigenvalue weighted by Gasteiger charge is -2.13. The summed E-state index contributed by atoms with van der Waals surface area (Å²) >= 11 is 0. The van der Waals surface area contributed by atoms with Crippen molar-refractivity contribution in [3.8, 4) is 11.5 Å². The molecule has 0 spiro atoms. The smallest absolute Gasteiger partial charge is 0.373 e. The van der Waals surface area contributed by atoms with E-state index in [-0.39, 0.29) is 23.8 Å². The summed E-state index contributed by atoms with van der Waals surface area (Å²) in [5, 5.41) is 0. The Kier molecular flexibility index (Phi) is 8.26. The molecule has 148 valence electrons. The third-order valence-corrected chi connectivity index (χ3v) is 3.41. The number of hydrogen-bond acceptors (Lipinski definition) is 8. The van der Waals surface area contributed by atoms with E-state index in [9.17, 15) is 9.59 Å². The number of methoxy groups -OCH3 is 2. The second-order valence-corrected chi connectivity index (χ2v) is 5.35. The van der Waals surface area contributed by atoms with E-state index in [4.69, 9.17) is 29.0 Å². The molecule has 0 fully saturated rings. The molecule has 2 rings (SSSR count). The van der Waals surface area contributed by atoms with Gasteiger partial charge in [0, 0.05) is 6.42 Å². The highest BCUT2D eigenvalue weighted by molar-refractivity contribution is 5.89. The Balaban J connectivity index is 1.89. The predicted octanol–water partition coefficient (Wildman–Crippen LogP) is 3.68. The molecule has 0 bridgehead atoms. The third-order valence-electron chi connectivity index (χ3n) is 3.41. The fourth-order valence-electron chi connectivity index (χ4n) is 2.01. The molecule has 0 N–H and O–H groups in total. The van der Waals surface area contributed by atoms with Crippen LogP contribution >= 0.6 is 0 Å². The van der Waals surface area contributed by atoms with Crippen LogP contribution in [0.1, 0.15) is 33.6 Å². The average molecular weight is 388 g/mol. The van der Waals surface area contributed by atoms with Gasteiger partial charge in [0.1, 0.15) is 11.5 Å². The molecule has 0 heterocycles. The summed E-state index contributed by atoms with van der Waals surface area (Å²) < 4.78 is 10.1. The molecule has 0 saturated carbocycles. The summed E-state index contributed by atoms with van der Waals surface area (Å²) in [4.78, 5) is 43.3. The molecule has 2 aromatic carbocycles. The first-order valence-electron chi connectivity index (χ1n) is 8.28. The minimum absolute atomic E-state index is 0.136. The van der Waals surface area contributed by atoms with Gasteiger partial charge in [0.25, 0.3) is 0 Å². The zero-order chi connectivity index (χ0) is 20.4. The van der Waals surface area contributed by atoms with Gasteiger partial charge in [-0.05, 0) is 42.8 Å². The van der Waals surface area contributed by atoms with Gasteiger partial charge in [-0.15, -0.1) is 9.78 Å². The van der Waals surface area contributed by atoms with Gasteiger partial charge < -0.3 is 9.47 Å². The van der Waals surface area contributed by atoms with Crippen molar-refractivity contribution in [2.75, 3.05) is 14.2 Å². The number of carbonyl (C=O) groups excluding carboxylic acids is 2. The van der Waals surface area contributed by atoms with Crippen LogP contribution in [0.4, 0.5) is 0 Å². The minimum atomic E-state index is -0.775. The zero-order valence-electron chi connectivity index (χ0n) is 15.5. The van der Waals surface area contributed by atoms with Crippen LogP contribution in [0, 0.1) is 13.2 Å². The van der Waals surface area contributed by atoms with E-state index in [2.05, 4.69) is 6.92 Å². The Labute approximate surface area is 162 Å². The lowest BCUT2D eigenvalue weighted by molar-refractivity contribution is -0.363. The Morgan fingerprint density at radius 2 is 1.25 bits per heavy atom. The van der Waals surface area contributed by atoms with Crippen molar-refractivity contribution in [2.24, 2.45) is 0 Å². The Hall–Kier alpha value is -3.10. The third kappa shape index (κ3) is 6.26. The van der Waals surface area contributed by atoms with E-state index in [0.717, 1.165) is 0 Å². The van der Waals surface area contributed by atoms with Crippen LogP contribution in [0.3, 0.4) is 0 Å². The molecule has 2 radical (unpaired) electrons. The van der Waals surface area contributed by atoms with Crippen molar-refractivity contribution in [3.63, 3.8) is 0 Å². The van der Waals surface area contributed by atoms with Gasteiger partial charge in [-0.2, -0.15) is 0 Å². The van der Waals surface area contributed by atoms with E-state index in [1.54, 1.807) is 24.3 Å². The monoisotopic (exact) mass is 388 g/mol. The highest BCUT2D eigenvalue weighted by Crippen LogP contribution is 2.19. The van der Waals surface area contributed by atoms with Crippen LogP contribution in [0.5, 0.6) is 11.5 Å². The summed E-state index contributed by atoms with van der Waals surface area (Å²) in [6.45, 7) is 3.65. The van der Waals surface area contributed by atoms with Crippen LogP contribution in [0.2, 0.25) is 0 Å². The molecule has 0 saturated heterocycles. The average Bonchev–Trinajstić information content (AvgIpc) is 2.75. The van der Waals surface area contributed by atoms with E-state index in [0.29, 0.717) is 17.9 Å². The van der Waals surface area contributed by atoms with Gasteiger partial charge >= 0.3 is 18.2 Å². The lowest BCUT2D eigenvalue weighted by atomic mass is 10.2. The first-order chi connectivity index (χ1) is 13.6. The Morgan fingerprint density at radius 3 is 1.64 bits per heavy atom. The van der Waals surface area contributed by atoms with Crippen molar-refractivity contribution in [2.45, 2.75) is 12.8 Å². The maximum absolute atomic E-state index is 12.0. The fourth-order valence-corrected chi connectivity index (χ4v) is 2.01. The van der Waals surface area contributed by atoms with Gasteiger partial charge in [0.05, 0.1) is 25.3 Å². The molecule has 0 aliphatic carbocycles. The largest absolute Gasteiger partial charge is 0.497 e. The predicted molar refractivity (Wildman–Crippen MR) is 96.8 cm³/mol. The molecule has 0 atom stereocenters. The van der Waals surface area contributed by atoms with Gasteiger partial charge in [-0.3, -0.25) is 9.78 Å². The van der Waals surface area contributed by atoms with Crippen molar-refractivity contribution < 1.29 is 38.6 Å². The van der Waals surface area contributed by atoms with Crippen LogP contribution < -0.4 is 9.47 Å². The Bertz CT molecular complexity index is 726. The van der Waals surface area contributed by atoms with Crippen molar-refractivity contribution >= 4 is 11.9 Å². The molecule has 0 unspecified atom stereocenters. The quantitative estimate of drug-likeness (QED) is 0.450. The molecule has 0 aliphatic heterocycles. The lowest BCUT2D eigenvalue weighted by Crippen LogP contribution is -2.16. The highest BCUT2D eigenvalue weighted by Gasteiger charge is 2.21. The standard InChI is InChI=1S/C20H20O8/c1-4-7-18(25-27-19(21)14-8-5-10-16(12-14)23-2)26-28-20(22)15-9-6-11-17(13-15)24-3/h5-6,8-13H,1,4,7H2,2-3H3. The zero-order valence-corrected chi connectivity index (χ0v) is 15.5. The van der Waals surface area contributed by atoms with Crippen molar-refractivity contribution in [1.29, 1.82) is 0 Å². The summed E-state index contributed by atoms with van der Waals surface area (Å²) in [5.41, 5.74) is 0.420. The second-order valence-electron chi connectivity index (χ2n) is 5.35. The molecular formula is C20H20O8. The summed E-state index contributed by atoms with van der Waals surface area (Å²) in [6.07, 6.45) is 0.252. The molecule has 0 aromatic heterocycles. The minimum Gasteiger partial charge on any atom is -0.497 e. The topological polar surface area (TPSA) is 89.5 Å². The first-order valence-corrected chi connectivity index (χ1v) is 8.28. The van der Waals surface area contributed by atoms with Crippen LogP contribution in [0.15, 0.2) is 48.5 Å². The van der Waals surface area contributed by atoms with Crippen LogP contribution in [-0.4, -0.2) is 26.2 Å². The highest BCUT2D eigenvalue weighted by atomic mass is 17.3. The van der Waals surface area contributed by atoms with Crippen molar-refractivity contribution in [3.05, 3.63) is 72.9 Å². The number of benzene rings is 2. The number of rotatable bonds is 10. The van der Waals surface area contributed by atoms with Gasteiger partial charge in [-0.1, -0.05) is 19.1 Å². The molecule has 2 aromatic rings. The van der Waals surface area contributed by atoms with Gasteiger partial charge in [0.2, 0.25) is 0 Å². The SMILES string of the molecule is [CH2]CC[C](OOC(=O)c1cccc(OC)c1)OOC(=O)c1cccc(OC)c1. The number of hydrogen-bond donors (Lipinski definition) is 0. The number of carbonyl (C=O) groups is 2. The summed E-state index contributed by atoms with van der Waals surface area (Å²) in [5.74, 6) is -0.578. The van der Waals surface area contributed by atoms with Gasteiger partial charge in [0.15, 0.2) is 0 Å². The maximum Gasteiger partial charge on any atom is 0.373 e. The second kappa shape index (κ2) is 10.9. The van der Waals surface area contributed by atoms with E-state index in [1.165, 1.54) is 38.5 Å². The molecular weight excluding hydrogens is 368 g/mol. The van der Waals surface area contributed by atoms with E-state index in [1.807, 2.05) is 0 Å². The molecule has 0 aliphatic rings. The normalized spacial score (nSPS) is 10.4. The molecule has 8 nitrogen and oxygen atoms in total. The van der Waals surface area contributed by atoms with Gasteiger partial charge in [-0.25, -0.2) is 9.59 Å². The summed E-state index contributed by atoms with van der Waals surface area (Å²) in [6, 6.07) is 12.6. The first kappa shape index (κ1) is 21.2. The Morgan fingerprint density at radius 1 is 0.786 bits per heavy atom.